The molecule has 0 spiro atoms. The van der Waals surface area contributed by atoms with Crippen molar-refractivity contribution in [1.82, 2.24) is 0 Å². The summed E-state index contributed by atoms with van der Waals surface area (Å²) < 4.78 is 5.66. The molecule has 0 aromatic rings. The maximum atomic E-state index is 5.66. The molecule has 0 bridgehead atoms. The Kier molecular flexibility index (Phi) is 3.23. The first-order valence-electron chi connectivity index (χ1n) is 5.83. The van der Waals surface area contributed by atoms with Gasteiger partial charge in [0.05, 0.1) is 6.10 Å². The van der Waals surface area contributed by atoms with Gasteiger partial charge >= 0.3 is 0 Å². The summed E-state index contributed by atoms with van der Waals surface area (Å²) >= 11 is 3.69. The Morgan fingerprint density at radius 1 is 1.36 bits per heavy atom. The highest BCUT2D eigenvalue weighted by atomic mass is 79.9. The van der Waals surface area contributed by atoms with Crippen LogP contribution in [-0.4, -0.2) is 18.0 Å². The fourth-order valence-electron chi connectivity index (χ4n) is 2.90. The number of hydrogen-bond acceptors (Lipinski definition) is 1. The summed E-state index contributed by atoms with van der Waals surface area (Å²) in [6.07, 6.45) is 6.05. The number of ether oxygens (including phenoxy) is 1. The van der Waals surface area contributed by atoms with Crippen LogP contribution in [0, 0.1) is 17.3 Å². The zero-order chi connectivity index (χ0) is 10.2. The van der Waals surface area contributed by atoms with E-state index in [1.54, 1.807) is 0 Å². The molecule has 0 aromatic heterocycles. The summed E-state index contributed by atoms with van der Waals surface area (Å²) in [5, 5.41) is 1.18. The van der Waals surface area contributed by atoms with Gasteiger partial charge < -0.3 is 4.74 Å². The van der Waals surface area contributed by atoms with E-state index in [4.69, 9.17) is 4.74 Å². The van der Waals surface area contributed by atoms with Gasteiger partial charge in [0.15, 0.2) is 0 Å². The number of halogens is 1. The van der Waals surface area contributed by atoms with E-state index in [2.05, 4.69) is 29.8 Å². The van der Waals surface area contributed by atoms with Crippen LogP contribution in [0.25, 0.3) is 0 Å². The predicted molar refractivity (Wildman–Crippen MR) is 62.8 cm³/mol. The largest absolute Gasteiger partial charge is 0.379 e. The topological polar surface area (TPSA) is 9.23 Å². The van der Waals surface area contributed by atoms with Crippen LogP contribution >= 0.6 is 15.9 Å². The molecule has 82 valence electrons. The quantitative estimate of drug-likeness (QED) is 0.687. The van der Waals surface area contributed by atoms with E-state index in [0.29, 0.717) is 11.5 Å². The first-order valence-corrected chi connectivity index (χ1v) is 6.95. The Morgan fingerprint density at radius 3 is 2.50 bits per heavy atom. The molecule has 2 aliphatic carbocycles. The minimum absolute atomic E-state index is 0.387. The van der Waals surface area contributed by atoms with Crippen LogP contribution in [0.2, 0.25) is 0 Å². The van der Waals surface area contributed by atoms with Crippen molar-refractivity contribution in [2.24, 2.45) is 17.3 Å². The van der Waals surface area contributed by atoms with Crippen LogP contribution < -0.4 is 0 Å². The Balaban J connectivity index is 1.76. The second kappa shape index (κ2) is 4.13. The maximum Gasteiger partial charge on any atom is 0.0518 e. The van der Waals surface area contributed by atoms with Gasteiger partial charge in [-0.25, -0.2) is 0 Å². The highest BCUT2D eigenvalue weighted by Crippen LogP contribution is 2.61. The normalized spacial score (nSPS) is 40.3. The molecule has 2 rings (SSSR count). The van der Waals surface area contributed by atoms with Gasteiger partial charge in [0, 0.05) is 11.9 Å². The van der Waals surface area contributed by atoms with E-state index in [1.807, 2.05) is 0 Å². The van der Waals surface area contributed by atoms with Gasteiger partial charge in [0.25, 0.3) is 0 Å². The van der Waals surface area contributed by atoms with Crippen molar-refractivity contribution in [2.75, 3.05) is 11.9 Å². The summed E-state index contributed by atoms with van der Waals surface area (Å²) in [6.45, 7) is 5.18. The van der Waals surface area contributed by atoms with E-state index < -0.39 is 0 Å². The summed E-state index contributed by atoms with van der Waals surface area (Å²) in [6, 6.07) is 0. The summed E-state index contributed by atoms with van der Waals surface area (Å²) in [5.74, 6) is 2.15. The number of alkyl halides is 1. The van der Waals surface area contributed by atoms with Crippen molar-refractivity contribution in [1.29, 1.82) is 0 Å². The summed E-state index contributed by atoms with van der Waals surface area (Å²) in [4.78, 5) is 0. The van der Waals surface area contributed by atoms with Gasteiger partial charge in [-0.05, 0) is 56.8 Å². The van der Waals surface area contributed by atoms with Gasteiger partial charge in [0.2, 0.25) is 0 Å². The molecule has 2 fully saturated rings. The minimum Gasteiger partial charge on any atom is -0.379 e. The molecule has 0 aromatic carbocycles. The van der Waals surface area contributed by atoms with Gasteiger partial charge in [0.1, 0.15) is 0 Å². The third-order valence-corrected chi connectivity index (χ3v) is 5.02. The lowest BCUT2D eigenvalue weighted by atomic mass is 9.82. The number of hydrogen-bond donors (Lipinski definition) is 0. The molecular formula is C12H21BrO. The van der Waals surface area contributed by atoms with Crippen molar-refractivity contribution in [3.05, 3.63) is 0 Å². The molecule has 2 atom stereocenters. The predicted octanol–water partition coefficient (Wildman–Crippen LogP) is 3.61. The molecule has 0 N–H and O–H groups in total. The van der Waals surface area contributed by atoms with Crippen molar-refractivity contribution in [3.8, 4) is 0 Å². The van der Waals surface area contributed by atoms with Gasteiger partial charge in [-0.2, -0.15) is 0 Å². The molecule has 0 radical (unpaired) electrons. The smallest absolute Gasteiger partial charge is 0.0518 e. The van der Waals surface area contributed by atoms with Gasteiger partial charge in [-0.15, -0.1) is 0 Å². The third-order valence-electron chi connectivity index (χ3n) is 3.83. The summed E-state index contributed by atoms with van der Waals surface area (Å²) in [5.41, 5.74) is 0.586. The maximum absolute atomic E-state index is 5.66. The zero-order valence-electron chi connectivity index (χ0n) is 9.26. The second-order valence-corrected chi connectivity index (χ2v) is 6.03. The molecule has 0 heterocycles. The highest BCUT2D eigenvalue weighted by molar-refractivity contribution is 9.09. The molecule has 0 amide bonds. The SMILES string of the molecule is CC(C)OCCC1(CBr)CC2CC2C1. The van der Waals surface area contributed by atoms with E-state index in [9.17, 15) is 0 Å². The second-order valence-electron chi connectivity index (χ2n) is 5.47. The van der Waals surface area contributed by atoms with Gasteiger partial charge in [-0.3, -0.25) is 0 Å². The van der Waals surface area contributed by atoms with Crippen LogP contribution in [-0.2, 0) is 4.74 Å². The lowest BCUT2D eigenvalue weighted by Gasteiger charge is -2.28. The van der Waals surface area contributed by atoms with Crippen molar-refractivity contribution in [2.45, 2.75) is 45.6 Å². The Morgan fingerprint density at radius 2 is 2.00 bits per heavy atom. The molecular weight excluding hydrogens is 240 g/mol. The fourth-order valence-corrected chi connectivity index (χ4v) is 3.64. The Labute approximate surface area is 95.7 Å². The summed E-state index contributed by atoms with van der Waals surface area (Å²) in [7, 11) is 0. The van der Waals surface area contributed by atoms with E-state index >= 15 is 0 Å². The molecule has 1 nitrogen and oxygen atoms in total. The van der Waals surface area contributed by atoms with Gasteiger partial charge in [-0.1, -0.05) is 15.9 Å². The van der Waals surface area contributed by atoms with E-state index in [0.717, 1.165) is 18.4 Å². The number of rotatable bonds is 5. The first-order chi connectivity index (χ1) is 6.65. The lowest BCUT2D eigenvalue weighted by molar-refractivity contribution is 0.0541. The molecule has 14 heavy (non-hydrogen) atoms. The fraction of sp³-hybridized carbons (Fsp3) is 1.00. The lowest BCUT2D eigenvalue weighted by Crippen LogP contribution is -2.23. The van der Waals surface area contributed by atoms with Crippen molar-refractivity contribution in [3.63, 3.8) is 0 Å². The van der Waals surface area contributed by atoms with E-state index in [1.165, 1.54) is 31.0 Å². The average Bonchev–Trinajstić information content (AvgIpc) is 2.74. The Bertz CT molecular complexity index is 192. The standard InChI is InChI=1S/C12H21BrO/c1-9(2)14-4-3-12(8-13)6-10-5-11(10)7-12/h9-11H,3-8H2,1-2H3. The van der Waals surface area contributed by atoms with Crippen molar-refractivity contribution >= 4 is 15.9 Å². The Hall–Kier alpha value is 0.440. The monoisotopic (exact) mass is 260 g/mol. The first kappa shape index (κ1) is 10.9. The molecule has 2 unspecified atom stereocenters. The zero-order valence-corrected chi connectivity index (χ0v) is 10.8. The average molecular weight is 261 g/mol. The number of fused-ring (bicyclic) bond motifs is 1. The minimum atomic E-state index is 0.387. The van der Waals surface area contributed by atoms with Crippen LogP contribution in [0.15, 0.2) is 0 Å². The van der Waals surface area contributed by atoms with Crippen LogP contribution in [0.1, 0.15) is 39.5 Å². The molecule has 0 aliphatic heterocycles. The van der Waals surface area contributed by atoms with Crippen LogP contribution in [0.3, 0.4) is 0 Å². The van der Waals surface area contributed by atoms with Crippen LogP contribution in [0.4, 0.5) is 0 Å². The third kappa shape index (κ3) is 2.33. The molecule has 2 saturated carbocycles. The molecule has 2 heteroatoms. The van der Waals surface area contributed by atoms with Crippen molar-refractivity contribution < 1.29 is 4.74 Å². The van der Waals surface area contributed by atoms with E-state index in [-0.39, 0.29) is 0 Å². The molecule has 2 aliphatic rings. The molecule has 0 saturated heterocycles. The van der Waals surface area contributed by atoms with Crippen LogP contribution in [0.5, 0.6) is 0 Å². The highest BCUT2D eigenvalue weighted by Gasteiger charge is 2.52.